The van der Waals surface area contributed by atoms with Gasteiger partial charge in [-0.1, -0.05) is 17.3 Å². The first-order valence-electron chi connectivity index (χ1n) is 10.7. The zero-order valence-corrected chi connectivity index (χ0v) is 18.5. The fourth-order valence-electron chi connectivity index (χ4n) is 4.18. The summed E-state index contributed by atoms with van der Waals surface area (Å²) in [6, 6.07) is 15.1. The Labute approximate surface area is 190 Å². The van der Waals surface area contributed by atoms with Crippen LogP contribution in [-0.4, -0.2) is 36.8 Å². The molecule has 4 heterocycles. The number of nitrogens with zero attached hydrogens (tertiary/aromatic N) is 4. The Hall–Kier alpha value is -4.04. The Morgan fingerprint density at radius 1 is 1.03 bits per heavy atom. The van der Waals surface area contributed by atoms with Crippen LogP contribution in [0.15, 0.2) is 65.4 Å². The number of aromatic amines is 1. The molecule has 0 aliphatic rings. The number of aliphatic hydroxyl groups is 1. The Morgan fingerprint density at radius 2 is 1.73 bits per heavy atom. The third kappa shape index (κ3) is 3.44. The van der Waals surface area contributed by atoms with E-state index in [4.69, 9.17) is 9.26 Å². The van der Waals surface area contributed by atoms with Gasteiger partial charge in [0.05, 0.1) is 34.7 Å². The highest BCUT2D eigenvalue weighted by atomic mass is 16.5. The van der Waals surface area contributed by atoms with Crippen LogP contribution in [0.5, 0.6) is 6.01 Å². The zero-order chi connectivity index (χ0) is 23.0. The lowest BCUT2D eigenvalue weighted by molar-refractivity contribution is 0.117. The van der Waals surface area contributed by atoms with Crippen molar-refractivity contribution in [1.29, 1.82) is 0 Å². The average Bonchev–Trinajstić information content (AvgIpc) is 3.41. The molecule has 8 heteroatoms. The van der Waals surface area contributed by atoms with Gasteiger partial charge in [0.25, 0.3) is 6.01 Å². The zero-order valence-electron chi connectivity index (χ0n) is 18.5. The van der Waals surface area contributed by atoms with E-state index in [1.54, 1.807) is 36.7 Å². The molecule has 0 aliphatic carbocycles. The number of aromatic nitrogens is 5. The lowest BCUT2D eigenvalue weighted by Crippen LogP contribution is -2.31. The van der Waals surface area contributed by atoms with Gasteiger partial charge >= 0.3 is 0 Å². The van der Waals surface area contributed by atoms with E-state index >= 15 is 0 Å². The average molecular weight is 441 g/mol. The molecule has 0 spiro atoms. The Balaban J connectivity index is 1.87. The number of benzene rings is 1. The van der Waals surface area contributed by atoms with Crippen LogP contribution in [0, 0.1) is 13.8 Å². The normalized spacial score (nSPS) is 11.8. The summed E-state index contributed by atoms with van der Waals surface area (Å²) < 4.78 is 11.1. The van der Waals surface area contributed by atoms with Gasteiger partial charge in [0.2, 0.25) is 0 Å². The first kappa shape index (κ1) is 20.8. The number of fused-ring (bicyclic) bond motifs is 1. The molecule has 5 aromatic rings. The molecular weight excluding hydrogens is 418 g/mol. The summed E-state index contributed by atoms with van der Waals surface area (Å²) in [6.45, 7) is 6.09. The second-order valence-corrected chi connectivity index (χ2v) is 7.73. The molecule has 1 aromatic carbocycles. The SMILES string of the molecule is CCOc1nc2c(C(O)(c3ccccn3)c3ccccn3)cc(-c3c(C)noc3C)cc2[nH]1. The molecule has 2 N–H and O–H groups in total. The number of H-pyrrole nitrogens is 1. The molecule has 0 fully saturated rings. The minimum Gasteiger partial charge on any atom is -0.465 e. The Kier molecular flexibility index (Phi) is 5.14. The molecule has 0 bridgehead atoms. The van der Waals surface area contributed by atoms with Gasteiger partial charge in [0.1, 0.15) is 5.76 Å². The first-order chi connectivity index (χ1) is 16.0. The highest BCUT2D eigenvalue weighted by molar-refractivity contribution is 5.88. The second kappa shape index (κ2) is 8.14. The van der Waals surface area contributed by atoms with Crippen LogP contribution in [-0.2, 0) is 5.60 Å². The van der Waals surface area contributed by atoms with E-state index in [0.717, 1.165) is 16.8 Å². The molecule has 0 atom stereocenters. The number of hydrogen-bond donors (Lipinski definition) is 2. The van der Waals surface area contributed by atoms with Crippen molar-refractivity contribution in [2.24, 2.45) is 0 Å². The third-order valence-electron chi connectivity index (χ3n) is 5.63. The van der Waals surface area contributed by atoms with Gasteiger partial charge < -0.3 is 19.4 Å². The predicted molar refractivity (Wildman–Crippen MR) is 123 cm³/mol. The Bertz CT molecular complexity index is 1350. The molecular formula is C25H23N5O3. The van der Waals surface area contributed by atoms with Crippen LogP contribution in [0.4, 0.5) is 0 Å². The van der Waals surface area contributed by atoms with E-state index in [9.17, 15) is 5.11 Å². The van der Waals surface area contributed by atoms with Gasteiger partial charge in [-0.25, -0.2) is 0 Å². The van der Waals surface area contributed by atoms with E-state index in [1.807, 2.05) is 45.0 Å². The molecule has 8 nitrogen and oxygen atoms in total. The summed E-state index contributed by atoms with van der Waals surface area (Å²) in [5.74, 6) is 0.682. The maximum atomic E-state index is 12.4. The minimum atomic E-state index is -1.67. The predicted octanol–water partition coefficient (Wildman–Crippen LogP) is 4.31. The molecule has 166 valence electrons. The fourth-order valence-corrected chi connectivity index (χ4v) is 4.18. The van der Waals surface area contributed by atoms with E-state index < -0.39 is 5.60 Å². The van der Waals surface area contributed by atoms with Gasteiger partial charge in [0.15, 0.2) is 5.60 Å². The summed E-state index contributed by atoms with van der Waals surface area (Å²) in [7, 11) is 0. The van der Waals surface area contributed by atoms with Crippen molar-refractivity contribution in [3.05, 3.63) is 89.3 Å². The van der Waals surface area contributed by atoms with Crippen molar-refractivity contribution in [1.82, 2.24) is 25.1 Å². The molecule has 0 radical (unpaired) electrons. The summed E-state index contributed by atoms with van der Waals surface area (Å²) >= 11 is 0. The molecule has 0 amide bonds. The molecule has 0 saturated heterocycles. The standard InChI is InChI=1S/C25H23N5O3/c1-4-32-24-28-19-14-17(22-15(2)30-33-16(22)3)13-18(23(19)29-24)25(31,20-9-5-7-11-26-20)21-10-6-8-12-27-21/h5-14,31H,4H2,1-3H3,(H,28,29). The number of imidazole rings is 1. The topological polar surface area (TPSA) is 110 Å². The highest BCUT2D eigenvalue weighted by Crippen LogP contribution is 2.41. The van der Waals surface area contributed by atoms with Crippen molar-refractivity contribution in [3.8, 4) is 17.1 Å². The summed E-state index contributed by atoms with van der Waals surface area (Å²) in [6.07, 6.45) is 3.30. The van der Waals surface area contributed by atoms with Crippen LogP contribution >= 0.6 is 0 Å². The van der Waals surface area contributed by atoms with Crippen LogP contribution in [0.2, 0.25) is 0 Å². The third-order valence-corrected chi connectivity index (χ3v) is 5.63. The summed E-state index contributed by atoms with van der Waals surface area (Å²) in [5.41, 5.74) is 3.42. The van der Waals surface area contributed by atoms with Crippen molar-refractivity contribution >= 4 is 11.0 Å². The lowest BCUT2D eigenvalue weighted by atomic mass is 9.83. The number of nitrogens with one attached hydrogen (secondary N) is 1. The molecule has 5 rings (SSSR count). The van der Waals surface area contributed by atoms with Crippen LogP contribution < -0.4 is 4.74 Å². The first-order valence-corrected chi connectivity index (χ1v) is 10.7. The highest BCUT2D eigenvalue weighted by Gasteiger charge is 2.39. The van der Waals surface area contributed by atoms with Gasteiger partial charge in [-0.3, -0.25) is 9.97 Å². The maximum Gasteiger partial charge on any atom is 0.294 e. The number of aryl methyl sites for hydroxylation is 2. The summed E-state index contributed by atoms with van der Waals surface area (Å²) in [5, 5.41) is 16.5. The molecule has 0 aliphatic heterocycles. The van der Waals surface area contributed by atoms with Crippen molar-refractivity contribution < 1.29 is 14.4 Å². The molecule has 0 unspecified atom stereocenters. The molecule has 4 aromatic heterocycles. The minimum absolute atomic E-state index is 0.369. The van der Waals surface area contributed by atoms with Gasteiger partial charge in [-0.2, -0.15) is 4.98 Å². The van der Waals surface area contributed by atoms with Crippen molar-refractivity contribution in [3.63, 3.8) is 0 Å². The van der Waals surface area contributed by atoms with E-state index in [-0.39, 0.29) is 0 Å². The quantitative estimate of drug-likeness (QED) is 0.404. The summed E-state index contributed by atoms with van der Waals surface area (Å²) in [4.78, 5) is 16.9. The molecule has 33 heavy (non-hydrogen) atoms. The number of pyridine rings is 2. The molecule has 0 saturated carbocycles. The maximum absolute atomic E-state index is 12.4. The Morgan fingerprint density at radius 3 is 2.27 bits per heavy atom. The smallest absolute Gasteiger partial charge is 0.294 e. The number of ether oxygens (including phenoxy) is 1. The van der Waals surface area contributed by atoms with E-state index in [2.05, 4.69) is 25.1 Å². The van der Waals surface area contributed by atoms with Gasteiger partial charge in [0, 0.05) is 23.5 Å². The number of hydrogen-bond acceptors (Lipinski definition) is 7. The van der Waals surface area contributed by atoms with Gasteiger partial charge in [-0.05, 0) is 62.7 Å². The monoisotopic (exact) mass is 441 g/mol. The number of rotatable bonds is 6. The van der Waals surface area contributed by atoms with E-state index in [0.29, 0.717) is 46.4 Å². The van der Waals surface area contributed by atoms with Crippen LogP contribution in [0.1, 0.15) is 35.3 Å². The van der Waals surface area contributed by atoms with Crippen LogP contribution in [0.3, 0.4) is 0 Å². The van der Waals surface area contributed by atoms with Crippen LogP contribution in [0.25, 0.3) is 22.2 Å². The fraction of sp³-hybridized carbons (Fsp3) is 0.200. The lowest BCUT2D eigenvalue weighted by Gasteiger charge is -2.28. The van der Waals surface area contributed by atoms with E-state index in [1.165, 1.54) is 0 Å². The van der Waals surface area contributed by atoms with Gasteiger partial charge in [-0.15, -0.1) is 0 Å². The van der Waals surface area contributed by atoms with Crippen molar-refractivity contribution in [2.75, 3.05) is 6.61 Å². The second-order valence-electron chi connectivity index (χ2n) is 7.73. The largest absolute Gasteiger partial charge is 0.465 e. The van der Waals surface area contributed by atoms with Crippen molar-refractivity contribution in [2.45, 2.75) is 26.4 Å².